The van der Waals surface area contributed by atoms with Crippen LogP contribution in [-0.2, 0) is 9.53 Å². The normalized spacial score (nSPS) is 11.8. The molecule has 0 spiro atoms. The van der Waals surface area contributed by atoms with E-state index in [2.05, 4.69) is 4.74 Å². The molecule has 0 unspecified atom stereocenters. The van der Waals surface area contributed by atoms with Gasteiger partial charge in [-0.1, -0.05) is 0 Å². The third-order valence-corrected chi connectivity index (χ3v) is 0.699. The lowest BCUT2D eigenvalue weighted by molar-refractivity contribution is -0.173. The lowest BCUT2D eigenvalue weighted by Gasteiger charge is -2.08. The van der Waals surface area contributed by atoms with Crippen molar-refractivity contribution in [2.24, 2.45) is 0 Å². The summed E-state index contributed by atoms with van der Waals surface area (Å²) in [5.74, 6) is -5.63. The van der Waals surface area contributed by atoms with E-state index in [1.807, 2.05) is 0 Å². The van der Waals surface area contributed by atoms with E-state index in [-0.39, 0.29) is 6.92 Å². The number of esters is 1. The van der Waals surface area contributed by atoms with E-state index in [1.165, 1.54) is 0 Å². The molecule has 0 amide bonds. The SMILES string of the molecule is CC(F)(F)C(=O)OCC(F)F. The predicted octanol–water partition coefficient (Wildman–Crippen LogP) is 1.45. The molecule has 2 nitrogen and oxygen atoms in total. The zero-order chi connectivity index (χ0) is 9.07. The second-order valence-electron chi connectivity index (χ2n) is 1.88. The highest BCUT2D eigenvalue weighted by Crippen LogP contribution is 2.13. The average molecular weight is 174 g/mol. The molecule has 0 aromatic rings. The first kappa shape index (κ1) is 10.2. The molecule has 0 fully saturated rings. The molecule has 66 valence electrons. The van der Waals surface area contributed by atoms with Gasteiger partial charge in [-0.25, -0.2) is 13.6 Å². The quantitative estimate of drug-likeness (QED) is 0.478. The van der Waals surface area contributed by atoms with Gasteiger partial charge in [0.05, 0.1) is 0 Å². The topological polar surface area (TPSA) is 26.3 Å². The maximum atomic E-state index is 11.8. The Morgan fingerprint density at radius 1 is 1.55 bits per heavy atom. The summed E-state index contributed by atoms with van der Waals surface area (Å²) in [7, 11) is 0. The monoisotopic (exact) mass is 174 g/mol. The van der Waals surface area contributed by atoms with E-state index in [0.29, 0.717) is 0 Å². The molecule has 0 aromatic heterocycles. The maximum Gasteiger partial charge on any atom is 0.376 e. The highest BCUT2D eigenvalue weighted by atomic mass is 19.3. The molecule has 0 heterocycles. The summed E-state index contributed by atoms with van der Waals surface area (Å²) in [5, 5.41) is 0. The first-order chi connectivity index (χ1) is 4.84. The van der Waals surface area contributed by atoms with Gasteiger partial charge in [0, 0.05) is 6.92 Å². The third-order valence-electron chi connectivity index (χ3n) is 0.699. The summed E-state index contributed by atoms with van der Waals surface area (Å²) in [4.78, 5) is 10.1. The number of hydrogen-bond donors (Lipinski definition) is 0. The highest BCUT2D eigenvalue weighted by Gasteiger charge is 2.34. The van der Waals surface area contributed by atoms with Crippen LogP contribution >= 0.6 is 0 Å². The van der Waals surface area contributed by atoms with Gasteiger partial charge in [0.2, 0.25) is 0 Å². The van der Waals surface area contributed by atoms with Crippen LogP contribution in [0.1, 0.15) is 6.92 Å². The van der Waals surface area contributed by atoms with Gasteiger partial charge in [-0.2, -0.15) is 8.78 Å². The van der Waals surface area contributed by atoms with Crippen LogP contribution in [0.15, 0.2) is 0 Å². The summed E-state index contributed by atoms with van der Waals surface area (Å²) in [6, 6.07) is 0. The summed E-state index contributed by atoms with van der Waals surface area (Å²) >= 11 is 0. The molecule has 6 heteroatoms. The minimum absolute atomic E-state index is 0.279. The highest BCUT2D eigenvalue weighted by molar-refractivity contribution is 5.76. The number of alkyl halides is 4. The standard InChI is InChI=1S/C5H6F4O2/c1-5(8,9)4(10)11-2-3(6)7/h3H,2H2,1H3. The largest absolute Gasteiger partial charge is 0.455 e. The fraction of sp³-hybridized carbons (Fsp3) is 0.800. The summed E-state index contributed by atoms with van der Waals surface area (Å²) in [6.07, 6.45) is -2.92. The molecule has 0 N–H and O–H groups in total. The van der Waals surface area contributed by atoms with Crippen LogP contribution in [0.3, 0.4) is 0 Å². The number of carbonyl (C=O) groups is 1. The van der Waals surface area contributed by atoms with E-state index >= 15 is 0 Å². The molecule has 0 aliphatic rings. The van der Waals surface area contributed by atoms with Crippen molar-refractivity contribution in [1.29, 1.82) is 0 Å². The first-order valence-electron chi connectivity index (χ1n) is 2.67. The Morgan fingerprint density at radius 2 is 2.00 bits per heavy atom. The van der Waals surface area contributed by atoms with Gasteiger partial charge in [0.25, 0.3) is 6.43 Å². The fourth-order valence-electron chi connectivity index (χ4n) is 0.265. The summed E-state index contributed by atoms with van der Waals surface area (Å²) in [6.45, 7) is -1.01. The van der Waals surface area contributed by atoms with Crippen LogP contribution in [0.5, 0.6) is 0 Å². The van der Waals surface area contributed by atoms with Crippen molar-refractivity contribution in [3.8, 4) is 0 Å². The maximum absolute atomic E-state index is 11.8. The molecule has 11 heavy (non-hydrogen) atoms. The van der Waals surface area contributed by atoms with Crippen LogP contribution in [0.2, 0.25) is 0 Å². The average Bonchev–Trinajstić information content (AvgIpc) is 1.80. The van der Waals surface area contributed by atoms with Crippen LogP contribution < -0.4 is 0 Å². The van der Waals surface area contributed by atoms with Gasteiger partial charge in [-0.3, -0.25) is 0 Å². The van der Waals surface area contributed by atoms with Crippen LogP contribution in [0, 0.1) is 0 Å². The van der Waals surface area contributed by atoms with Crippen molar-refractivity contribution in [2.75, 3.05) is 6.61 Å². The minimum atomic E-state index is -3.70. The molecule has 0 aliphatic carbocycles. The van der Waals surface area contributed by atoms with Gasteiger partial charge < -0.3 is 4.74 Å². The van der Waals surface area contributed by atoms with Crippen molar-refractivity contribution in [3.63, 3.8) is 0 Å². The number of halogens is 4. The van der Waals surface area contributed by atoms with Crippen LogP contribution in [0.25, 0.3) is 0 Å². The Balaban J connectivity index is 3.71. The smallest absolute Gasteiger partial charge is 0.376 e. The van der Waals surface area contributed by atoms with Gasteiger partial charge >= 0.3 is 11.9 Å². The Morgan fingerprint density at radius 3 is 2.27 bits per heavy atom. The van der Waals surface area contributed by atoms with E-state index in [4.69, 9.17) is 0 Å². The first-order valence-corrected chi connectivity index (χ1v) is 2.67. The lowest BCUT2D eigenvalue weighted by atomic mass is 10.4. The van der Waals surface area contributed by atoms with Crippen molar-refractivity contribution in [2.45, 2.75) is 19.3 Å². The lowest BCUT2D eigenvalue weighted by Crippen LogP contribution is -2.28. The molecule has 0 rings (SSSR count). The van der Waals surface area contributed by atoms with E-state index in [1.54, 1.807) is 0 Å². The number of rotatable bonds is 3. The van der Waals surface area contributed by atoms with Crippen LogP contribution in [0.4, 0.5) is 17.6 Å². The van der Waals surface area contributed by atoms with Gasteiger partial charge in [-0.05, 0) is 0 Å². The van der Waals surface area contributed by atoms with Crippen molar-refractivity contribution >= 4 is 5.97 Å². The number of carbonyl (C=O) groups excluding carboxylic acids is 1. The molecule has 0 aromatic carbocycles. The summed E-state index contributed by atoms with van der Waals surface area (Å²) in [5.41, 5.74) is 0. The van der Waals surface area contributed by atoms with Gasteiger partial charge in [0.15, 0.2) is 6.61 Å². The zero-order valence-corrected chi connectivity index (χ0v) is 5.61. The number of hydrogen-bond acceptors (Lipinski definition) is 2. The molecule has 0 aliphatic heterocycles. The molecule has 0 atom stereocenters. The molecule has 0 saturated heterocycles. The van der Waals surface area contributed by atoms with Gasteiger partial charge in [0.1, 0.15) is 0 Å². The molecule has 0 bridgehead atoms. The molecular formula is C5H6F4O2. The van der Waals surface area contributed by atoms with Gasteiger partial charge in [-0.15, -0.1) is 0 Å². The van der Waals surface area contributed by atoms with E-state index < -0.39 is 24.9 Å². The van der Waals surface area contributed by atoms with Crippen molar-refractivity contribution in [1.82, 2.24) is 0 Å². The Hall–Kier alpha value is -0.810. The third kappa shape index (κ3) is 4.58. The van der Waals surface area contributed by atoms with Crippen LogP contribution in [-0.4, -0.2) is 24.9 Å². The van der Waals surface area contributed by atoms with E-state index in [0.717, 1.165) is 0 Å². The number of ether oxygens (including phenoxy) is 1. The fourth-order valence-corrected chi connectivity index (χ4v) is 0.265. The van der Waals surface area contributed by atoms with E-state index in [9.17, 15) is 22.4 Å². The minimum Gasteiger partial charge on any atom is -0.455 e. The second-order valence-corrected chi connectivity index (χ2v) is 1.88. The zero-order valence-electron chi connectivity index (χ0n) is 5.61. The second kappa shape index (κ2) is 3.54. The summed E-state index contributed by atoms with van der Waals surface area (Å²) < 4.78 is 49.7. The Bertz CT molecular complexity index is 140. The Kier molecular flexibility index (Phi) is 3.28. The molecular weight excluding hydrogens is 168 g/mol. The molecule has 0 saturated carbocycles. The predicted molar refractivity (Wildman–Crippen MR) is 27.6 cm³/mol. The van der Waals surface area contributed by atoms with Crippen molar-refractivity contribution < 1.29 is 27.1 Å². The van der Waals surface area contributed by atoms with Crippen molar-refractivity contribution in [3.05, 3.63) is 0 Å². The molecule has 0 radical (unpaired) electrons. The Labute approximate surface area is 60.1 Å².